The van der Waals surface area contributed by atoms with Crippen molar-refractivity contribution in [2.75, 3.05) is 0 Å². The molecule has 2 aliphatic rings. The molecule has 1 aromatic carbocycles. The summed E-state index contributed by atoms with van der Waals surface area (Å²) in [4.78, 5) is 35.2. The van der Waals surface area contributed by atoms with Gasteiger partial charge in [0.05, 0.1) is 14.9 Å². The topological polar surface area (TPSA) is 102 Å². The summed E-state index contributed by atoms with van der Waals surface area (Å²) >= 11 is 7.56. The van der Waals surface area contributed by atoms with Crippen LogP contribution in [-0.2, 0) is 4.79 Å². The zero-order chi connectivity index (χ0) is 24.4. The minimum absolute atomic E-state index is 0.0943. The molecular weight excluding hydrogens is 488 g/mol. The molecule has 1 saturated heterocycles. The van der Waals surface area contributed by atoms with Gasteiger partial charge in [-0.1, -0.05) is 36.9 Å². The number of benzene rings is 1. The fourth-order valence-corrected chi connectivity index (χ4v) is 5.56. The number of amidine groups is 1. The Balaban J connectivity index is 1.45. The number of hydrogen-bond acceptors (Lipinski definition) is 7. The second-order valence-electron chi connectivity index (χ2n) is 8.28. The molecule has 0 N–H and O–H groups in total. The Morgan fingerprint density at radius 1 is 1.17 bits per heavy atom. The molecule has 35 heavy (non-hydrogen) atoms. The highest BCUT2D eigenvalue weighted by molar-refractivity contribution is 8.18. The van der Waals surface area contributed by atoms with Crippen LogP contribution in [0.25, 0.3) is 17.4 Å². The molecule has 0 atom stereocenters. The van der Waals surface area contributed by atoms with E-state index in [4.69, 9.17) is 16.0 Å². The number of nitrogens with zero attached hydrogens (tertiary/aromatic N) is 4. The Bertz CT molecular complexity index is 1330. The SMILES string of the molecule is O=C1/C(=C\c2ccc(-c3ccc([N+](=O)[O-])cc3Cl)o2)S/C(=N/c2ccccn2)N1C1CCCCC1. The summed E-state index contributed by atoms with van der Waals surface area (Å²) in [7, 11) is 0. The number of aliphatic imine (C=N–C) groups is 1. The van der Waals surface area contributed by atoms with Crippen molar-refractivity contribution in [2.45, 2.75) is 38.1 Å². The van der Waals surface area contributed by atoms with Crippen molar-refractivity contribution in [2.24, 2.45) is 4.99 Å². The van der Waals surface area contributed by atoms with E-state index in [0.29, 0.717) is 33.0 Å². The molecular formula is C25H21ClN4O4S. The molecule has 3 aromatic rings. The first-order chi connectivity index (χ1) is 17.0. The van der Waals surface area contributed by atoms with Gasteiger partial charge in [-0.25, -0.2) is 9.98 Å². The first kappa shape index (κ1) is 23.3. The third-order valence-corrected chi connectivity index (χ3v) is 7.26. The van der Waals surface area contributed by atoms with Crippen molar-refractivity contribution in [3.63, 3.8) is 0 Å². The van der Waals surface area contributed by atoms with Gasteiger partial charge in [0, 0.05) is 36.0 Å². The van der Waals surface area contributed by atoms with Gasteiger partial charge in [-0.05, 0) is 54.9 Å². The number of carbonyl (C=O) groups is 1. The van der Waals surface area contributed by atoms with Crippen LogP contribution in [0.3, 0.4) is 0 Å². The number of rotatable bonds is 5. The number of amides is 1. The summed E-state index contributed by atoms with van der Waals surface area (Å²) in [5.41, 5.74) is 0.441. The largest absolute Gasteiger partial charge is 0.457 e. The third-order valence-electron chi connectivity index (χ3n) is 5.97. The van der Waals surface area contributed by atoms with Gasteiger partial charge < -0.3 is 4.42 Å². The number of nitro groups is 1. The molecule has 1 aliphatic heterocycles. The molecule has 0 bridgehead atoms. The van der Waals surface area contributed by atoms with Crippen LogP contribution in [0.2, 0.25) is 5.02 Å². The molecule has 0 spiro atoms. The smallest absolute Gasteiger partial charge is 0.270 e. The van der Waals surface area contributed by atoms with Gasteiger partial charge in [0.15, 0.2) is 11.0 Å². The summed E-state index contributed by atoms with van der Waals surface area (Å²) < 4.78 is 5.93. The lowest BCUT2D eigenvalue weighted by Gasteiger charge is -2.30. The lowest BCUT2D eigenvalue weighted by atomic mass is 9.94. The highest BCUT2D eigenvalue weighted by Crippen LogP contribution is 2.39. The molecule has 178 valence electrons. The molecule has 0 radical (unpaired) electrons. The maximum absolute atomic E-state index is 13.5. The zero-order valence-corrected chi connectivity index (χ0v) is 20.2. The lowest BCUT2D eigenvalue weighted by molar-refractivity contribution is -0.384. The number of non-ortho nitro benzene ring substituents is 1. The molecule has 2 fully saturated rings. The number of halogens is 1. The highest BCUT2D eigenvalue weighted by Gasteiger charge is 2.39. The minimum atomic E-state index is -0.501. The first-order valence-corrected chi connectivity index (χ1v) is 12.5. The monoisotopic (exact) mass is 508 g/mol. The average Bonchev–Trinajstić information content (AvgIpc) is 3.44. The van der Waals surface area contributed by atoms with E-state index in [0.717, 1.165) is 25.7 Å². The third kappa shape index (κ3) is 5.01. The van der Waals surface area contributed by atoms with Gasteiger partial charge in [0.25, 0.3) is 11.6 Å². The van der Waals surface area contributed by atoms with Crippen LogP contribution in [0, 0.1) is 10.1 Å². The predicted molar refractivity (Wildman–Crippen MR) is 136 cm³/mol. The average molecular weight is 509 g/mol. The summed E-state index contributed by atoms with van der Waals surface area (Å²) in [6.07, 6.45) is 8.64. The molecule has 1 amide bonds. The van der Waals surface area contributed by atoms with Gasteiger partial charge >= 0.3 is 0 Å². The van der Waals surface area contributed by atoms with Crippen molar-refractivity contribution < 1.29 is 14.1 Å². The summed E-state index contributed by atoms with van der Waals surface area (Å²) in [5.74, 6) is 1.40. The van der Waals surface area contributed by atoms with Gasteiger partial charge in [0.1, 0.15) is 11.5 Å². The van der Waals surface area contributed by atoms with E-state index in [1.807, 2.05) is 18.2 Å². The maximum atomic E-state index is 13.5. The van der Waals surface area contributed by atoms with E-state index in [9.17, 15) is 14.9 Å². The van der Waals surface area contributed by atoms with Gasteiger partial charge in [-0.15, -0.1) is 0 Å². The number of aromatic nitrogens is 1. The van der Waals surface area contributed by atoms with Crippen LogP contribution in [-0.4, -0.2) is 31.9 Å². The van der Waals surface area contributed by atoms with Crippen molar-refractivity contribution >= 4 is 52.0 Å². The Morgan fingerprint density at radius 2 is 2.00 bits per heavy atom. The number of pyridine rings is 1. The Labute approximate surface area is 210 Å². The van der Waals surface area contributed by atoms with Crippen LogP contribution < -0.4 is 0 Å². The fraction of sp³-hybridized carbons (Fsp3) is 0.240. The lowest BCUT2D eigenvalue weighted by Crippen LogP contribution is -2.40. The molecule has 5 rings (SSSR count). The van der Waals surface area contributed by atoms with E-state index < -0.39 is 4.92 Å². The van der Waals surface area contributed by atoms with Crippen LogP contribution in [0.5, 0.6) is 0 Å². The molecule has 1 saturated carbocycles. The molecule has 2 aromatic heterocycles. The summed E-state index contributed by atoms with van der Waals surface area (Å²) in [5, 5.41) is 11.8. The summed E-state index contributed by atoms with van der Waals surface area (Å²) in [6.45, 7) is 0. The minimum Gasteiger partial charge on any atom is -0.457 e. The van der Waals surface area contributed by atoms with E-state index in [1.165, 1.54) is 30.3 Å². The van der Waals surface area contributed by atoms with E-state index in [-0.39, 0.29) is 22.7 Å². The Kier molecular flexibility index (Phi) is 6.70. The molecule has 8 nitrogen and oxygen atoms in total. The van der Waals surface area contributed by atoms with Crippen LogP contribution in [0.15, 0.2) is 69.0 Å². The van der Waals surface area contributed by atoms with Crippen molar-refractivity contribution in [1.82, 2.24) is 9.88 Å². The molecule has 3 heterocycles. The second-order valence-corrected chi connectivity index (χ2v) is 9.70. The second kappa shape index (κ2) is 10.1. The first-order valence-electron chi connectivity index (χ1n) is 11.3. The summed E-state index contributed by atoms with van der Waals surface area (Å²) in [6, 6.07) is 13.3. The Hall–Kier alpha value is -3.43. The number of furan rings is 1. The van der Waals surface area contributed by atoms with Crippen LogP contribution in [0.4, 0.5) is 11.5 Å². The van der Waals surface area contributed by atoms with Gasteiger partial charge in [-0.2, -0.15) is 0 Å². The fourth-order valence-electron chi connectivity index (χ4n) is 4.27. The quantitative estimate of drug-likeness (QED) is 0.212. The number of thioether (sulfide) groups is 1. The van der Waals surface area contributed by atoms with Crippen molar-refractivity contribution in [3.8, 4) is 11.3 Å². The van der Waals surface area contributed by atoms with Crippen LogP contribution in [0.1, 0.15) is 37.9 Å². The normalized spacial score (nSPS) is 19.1. The Morgan fingerprint density at radius 3 is 2.71 bits per heavy atom. The van der Waals surface area contributed by atoms with Gasteiger partial charge in [-0.3, -0.25) is 19.8 Å². The molecule has 10 heteroatoms. The highest BCUT2D eigenvalue weighted by atomic mass is 35.5. The van der Waals surface area contributed by atoms with Crippen molar-refractivity contribution in [3.05, 3.63) is 80.5 Å². The standard InChI is InChI=1S/C25H21ClN4O4S/c26-20-14-17(30(32)33)9-11-19(20)21-12-10-18(34-21)15-22-24(31)29(16-6-2-1-3-7-16)25(35-22)28-23-8-4-5-13-27-23/h4-5,8-16H,1-3,6-7H2/b22-15+,28-25+. The van der Waals surface area contributed by atoms with Gasteiger partial charge in [0.2, 0.25) is 0 Å². The van der Waals surface area contributed by atoms with Crippen molar-refractivity contribution in [1.29, 1.82) is 0 Å². The number of nitro benzene ring substituents is 1. The number of carbonyl (C=O) groups excluding carboxylic acids is 1. The van der Waals surface area contributed by atoms with E-state index >= 15 is 0 Å². The number of hydrogen-bond donors (Lipinski definition) is 0. The predicted octanol–water partition coefficient (Wildman–Crippen LogP) is 6.84. The molecule has 0 unspecified atom stereocenters. The zero-order valence-electron chi connectivity index (χ0n) is 18.6. The maximum Gasteiger partial charge on any atom is 0.270 e. The van der Waals surface area contributed by atoms with E-state index in [2.05, 4.69) is 9.98 Å². The van der Waals surface area contributed by atoms with Crippen LogP contribution >= 0.6 is 23.4 Å². The molecule has 1 aliphatic carbocycles. The van der Waals surface area contributed by atoms with E-state index in [1.54, 1.807) is 35.4 Å².